The average molecular weight is 425 g/mol. The molecular formula is C21H27N7O3. The number of aryl methyl sites for hydroxylation is 1. The monoisotopic (exact) mass is 425 g/mol. The summed E-state index contributed by atoms with van der Waals surface area (Å²) in [4.78, 5) is 12.6. The minimum absolute atomic E-state index is 0.127. The van der Waals surface area contributed by atoms with E-state index in [9.17, 15) is 5.11 Å². The van der Waals surface area contributed by atoms with E-state index in [0.29, 0.717) is 52.9 Å². The summed E-state index contributed by atoms with van der Waals surface area (Å²) >= 11 is 0. The van der Waals surface area contributed by atoms with Crippen LogP contribution in [0.15, 0.2) is 4.63 Å². The number of H-pyrrole nitrogens is 1. The van der Waals surface area contributed by atoms with E-state index < -0.39 is 5.60 Å². The van der Waals surface area contributed by atoms with E-state index in [1.807, 2.05) is 6.92 Å². The van der Waals surface area contributed by atoms with Gasteiger partial charge in [-0.3, -0.25) is 0 Å². The molecule has 0 spiro atoms. The van der Waals surface area contributed by atoms with Gasteiger partial charge < -0.3 is 25.9 Å². The Bertz CT molecular complexity index is 1130. The zero-order valence-corrected chi connectivity index (χ0v) is 17.9. The van der Waals surface area contributed by atoms with E-state index >= 15 is 0 Å². The van der Waals surface area contributed by atoms with Crippen LogP contribution >= 0.6 is 0 Å². The summed E-state index contributed by atoms with van der Waals surface area (Å²) in [7, 11) is 0. The molecule has 1 saturated heterocycles. The average Bonchev–Trinajstić information content (AvgIpc) is 3.37. The summed E-state index contributed by atoms with van der Waals surface area (Å²) in [5.41, 5.74) is 7.38. The van der Waals surface area contributed by atoms with Crippen molar-refractivity contribution in [3.05, 3.63) is 11.4 Å². The number of imidazole rings is 1. The number of nitrogen functional groups attached to an aromatic ring is 1. The fourth-order valence-electron chi connectivity index (χ4n) is 3.53. The van der Waals surface area contributed by atoms with Gasteiger partial charge in [0.1, 0.15) is 22.3 Å². The van der Waals surface area contributed by atoms with Crippen molar-refractivity contribution in [2.24, 2.45) is 5.92 Å². The maximum atomic E-state index is 10.0. The number of pyridine rings is 1. The lowest BCUT2D eigenvalue weighted by molar-refractivity contribution is 0.143. The third-order valence-electron chi connectivity index (χ3n) is 5.09. The summed E-state index contributed by atoms with van der Waals surface area (Å²) < 4.78 is 11.0. The van der Waals surface area contributed by atoms with Gasteiger partial charge in [0.15, 0.2) is 23.1 Å². The molecule has 5 N–H and O–H groups in total. The van der Waals surface area contributed by atoms with Gasteiger partial charge in [-0.2, -0.15) is 0 Å². The van der Waals surface area contributed by atoms with Crippen molar-refractivity contribution in [2.75, 3.05) is 25.4 Å². The second-order valence-corrected chi connectivity index (χ2v) is 8.23. The zero-order chi connectivity index (χ0) is 22.0. The Morgan fingerprint density at radius 1 is 1.32 bits per heavy atom. The number of rotatable bonds is 5. The lowest BCUT2D eigenvalue weighted by Crippen LogP contribution is -2.33. The van der Waals surface area contributed by atoms with Gasteiger partial charge in [0, 0.05) is 12.5 Å². The highest BCUT2D eigenvalue weighted by molar-refractivity contribution is 5.89. The fourth-order valence-corrected chi connectivity index (χ4v) is 3.53. The smallest absolute Gasteiger partial charge is 0.199 e. The Hall–Kier alpha value is -3.16. The molecule has 1 aliphatic heterocycles. The van der Waals surface area contributed by atoms with Gasteiger partial charge in [0.25, 0.3) is 0 Å². The SMILES string of the molecule is CCc1nc(C#CC(C)(C)O)c2nc(-c3nonc3N)[nH]c2c1OC[C@H]1CCCNC1. The van der Waals surface area contributed by atoms with Crippen LogP contribution in [0.2, 0.25) is 0 Å². The number of ether oxygens (including phenoxy) is 1. The first-order valence-corrected chi connectivity index (χ1v) is 10.5. The molecule has 4 rings (SSSR count). The molecule has 3 aromatic rings. The summed E-state index contributed by atoms with van der Waals surface area (Å²) in [6.45, 7) is 7.80. The van der Waals surface area contributed by atoms with Crippen LogP contribution < -0.4 is 15.8 Å². The fraction of sp³-hybridized carbons (Fsp3) is 0.524. The molecule has 1 aliphatic rings. The number of nitrogens with zero attached hydrogens (tertiary/aromatic N) is 4. The summed E-state index contributed by atoms with van der Waals surface area (Å²) in [5, 5.41) is 20.9. The van der Waals surface area contributed by atoms with Crippen molar-refractivity contribution in [2.45, 2.75) is 45.6 Å². The number of piperidine rings is 1. The molecule has 4 heterocycles. The van der Waals surface area contributed by atoms with E-state index in [1.165, 1.54) is 0 Å². The van der Waals surface area contributed by atoms with Crippen molar-refractivity contribution in [1.29, 1.82) is 0 Å². The van der Waals surface area contributed by atoms with Gasteiger partial charge >= 0.3 is 0 Å². The molecule has 0 unspecified atom stereocenters. The Morgan fingerprint density at radius 3 is 2.81 bits per heavy atom. The summed E-state index contributed by atoms with van der Waals surface area (Å²) in [6, 6.07) is 0. The normalized spacial score (nSPS) is 16.8. The highest BCUT2D eigenvalue weighted by atomic mass is 16.6. The van der Waals surface area contributed by atoms with Crippen LogP contribution in [-0.4, -0.2) is 55.7 Å². The minimum Gasteiger partial charge on any atom is -0.489 e. The number of aromatic amines is 1. The molecule has 3 aromatic heterocycles. The number of hydrogen-bond acceptors (Lipinski definition) is 9. The lowest BCUT2D eigenvalue weighted by Gasteiger charge is -2.23. The molecule has 31 heavy (non-hydrogen) atoms. The largest absolute Gasteiger partial charge is 0.489 e. The molecule has 10 heteroatoms. The first kappa shape index (κ1) is 21.1. The van der Waals surface area contributed by atoms with Crippen molar-refractivity contribution in [1.82, 2.24) is 30.6 Å². The van der Waals surface area contributed by atoms with Gasteiger partial charge in [-0.25, -0.2) is 14.6 Å². The van der Waals surface area contributed by atoms with Crippen molar-refractivity contribution < 1.29 is 14.5 Å². The maximum Gasteiger partial charge on any atom is 0.199 e. The minimum atomic E-state index is -1.16. The van der Waals surface area contributed by atoms with Gasteiger partial charge in [-0.15, -0.1) is 0 Å². The Labute approximate surface area is 179 Å². The molecule has 0 amide bonds. The highest BCUT2D eigenvalue weighted by Crippen LogP contribution is 2.33. The molecule has 0 aliphatic carbocycles. The first-order chi connectivity index (χ1) is 14.9. The number of nitrogens with one attached hydrogen (secondary N) is 2. The molecule has 164 valence electrons. The van der Waals surface area contributed by atoms with Gasteiger partial charge in [0.05, 0.1) is 12.3 Å². The van der Waals surface area contributed by atoms with Crippen molar-refractivity contribution in [3.8, 4) is 29.1 Å². The van der Waals surface area contributed by atoms with Crippen molar-refractivity contribution in [3.63, 3.8) is 0 Å². The second kappa shape index (κ2) is 8.53. The predicted octanol–water partition coefficient (Wildman–Crippen LogP) is 1.65. The van der Waals surface area contributed by atoms with E-state index in [0.717, 1.165) is 31.6 Å². The second-order valence-electron chi connectivity index (χ2n) is 8.23. The van der Waals surface area contributed by atoms with Crippen LogP contribution in [0.25, 0.3) is 22.6 Å². The van der Waals surface area contributed by atoms with Crippen LogP contribution in [0.5, 0.6) is 5.75 Å². The topological polar surface area (TPSA) is 148 Å². The number of fused-ring (bicyclic) bond motifs is 1. The summed E-state index contributed by atoms with van der Waals surface area (Å²) in [6.07, 6.45) is 2.91. The van der Waals surface area contributed by atoms with Gasteiger partial charge in [-0.05, 0) is 55.9 Å². The Balaban J connectivity index is 1.81. The molecular weight excluding hydrogens is 398 g/mol. The van der Waals surface area contributed by atoms with Gasteiger partial charge in [0.2, 0.25) is 0 Å². The highest BCUT2D eigenvalue weighted by Gasteiger charge is 2.23. The third kappa shape index (κ3) is 4.62. The number of anilines is 1. The van der Waals surface area contributed by atoms with Crippen LogP contribution in [0, 0.1) is 17.8 Å². The molecule has 0 radical (unpaired) electrons. The third-order valence-corrected chi connectivity index (χ3v) is 5.09. The summed E-state index contributed by atoms with van der Waals surface area (Å²) in [5.74, 6) is 7.36. The van der Waals surface area contributed by atoms with E-state index in [2.05, 4.69) is 37.4 Å². The maximum absolute atomic E-state index is 10.0. The number of aromatic nitrogens is 5. The molecule has 1 atom stereocenters. The van der Waals surface area contributed by atoms with Crippen LogP contribution in [-0.2, 0) is 6.42 Å². The van der Waals surface area contributed by atoms with Gasteiger partial charge in [-0.1, -0.05) is 12.8 Å². The lowest BCUT2D eigenvalue weighted by atomic mass is 10.0. The van der Waals surface area contributed by atoms with Crippen LogP contribution in [0.3, 0.4) is 0 Å². The molecule has 10 nitrogen and oxygen atoms in total. The van der Waals surface area contributed by atoms with E-state index in [-0.39, 0.29) is 5.82 Å². The standard InChI is InChI=1S/C21H27N7O3/c1-4-13-18(30-11-12-6-5-9-23-10-12)16-15(14(24-13)7-8-21(2,3)29)25-20(26-16)17-19(22)28-31-27-17/h12,23,29H,4-6,9-11H2,1-3H3,(H2,22,28)(H,25,26)/t12-/m0/s1. The number of nitrogens with two attached hydrogens (primary N) is 1. The Morgan fingerprint density at radius 2 is 2.16 bits per heavy atom. The van der Waals surface area contributed by atoms with Crippen LogP contribution in [0.1, 0.15) is 45.0 Å². The molecule has 1 fully saturated rings. The molecule has 0 bridgehead atoms. The predicted molar refractivity (Wildman–Crippen MR) is 115 cm³/mol. The Kier molecular flexibility index (Phi) is 5.80. The van der Waals surface area contributed by atoms with Crippen molar-refractivity contribution >= 4 is 16.9 Å². The first-order valence-electron chi connectivity index (χ1n) is 10.5. The number of aliphatic hydroxyl groups is 1. The molecule has 0 aromatic carbocycles. The quantitative estimate of drug-likeness (QED) is 0.448. The van der Waals surface area contributed by atoms with E-state index in [4.69, 9.17) is 20.1 Å². The zero-order valence-electron chi connectivity index (χ0n) is 17.9. The molecule has 0 saturated carbocycles. The van der Waals surface area contributed by atoms with Crippen LogP contribution in [0.4, 0.5) is 5.82 Å². The van der Waals surface area contributed by atoms with E-state index in [1.54, 1.807) is 13.8 Å². The number of hydrogen-bond donors (Lipinski definition) is 4.